The predicted octanol–water partition coefficient (Wildman–Crippen LogP) is 5.10. The molecule has 0 heterocycles. The summed E-state index contributed by atoms with van der Waals surface area (Å²) in [6.45, 7) is 6.02. The fourth-order valence-corrected chi connectivity index (χ4v) is 6.28. The van der Waals surface area contributed by atoms with Gasteiger partial charge in [-0.3, -0.25) is 24.0 Å². The van der Waals surface area contributed by atoms with Crippen molar-refractivity contribution in [1.82, 2.24) is 10.2 Å². The van der Waals surface area contributed by atoms with Crippen LogP contribution in [0.3, 0.4) is 0 Å². The highest BCUT2D eigenvalue weighted by Gasteiger charge is 2.35. The Hall–Kier alpha value is -4.36. The zero-order valence-electron chi connectivity index (χ0n) is 25.9. The van der Waals surface area contributed by atoms with Crippen LogP contribution in [-0.2, 0) is 26.2 Å². The molecule has 0 aliphatic rings. The van der Waals surface area contributed by atoms with Crippen molar-refractivity contribution >= 4 is 44.8 Å². The lowest BCUT2D eigenvalue weighted by Gasteiger charge is -2.34. The number of anilines is 1. The van der Waals surface area contributed by atoms with E-state index in [9.17, 15) is 28.1 Å². The first-order chi connectivity index (χ1) is 21.2. The maximum Gasteiger partial charge on any atom is 0.273 e. The number of ether oxygens (including phenoxy) is 2. The molecule has 1 atom stereocenters. The molecule has 0 spiro atoms. The molecule has 2 amide bonds. The Morgan fingerprint density at radius 3 is 2.24 bits per heavy atom. The first-order valence-corrected chi connectivity index (χ1v) is 15.9. The molecule has 45 heavy (non-hydrogen) atoms. The number of carbonyl (C=O) groups excluding carboxylic acids is 2. The van der Waals surface area contributed by atoms with Crippen LogP contribution in [0, 0.1) is 17.0 Å². The largest absolute Gasteiger partial charge is 0.497 e. The summed E-state index contributed by atoms with van der Waals surface area (Å²) in [5.74, 6) is -0.426. The highest BCUT2D eigenvalue weighted by atomic mass is 35.5. The predicted molar refractivity (Wildman–Crippen MR) is 171 cm³/mol. The molecule has 0 saturated carbocycles. The fourth-order valence-electron chi connectivity index (χ4n) is 4.67. The highest BCUT2D eigenvalue weighted by molar-refractivity contribution is 7.92. The van der Waals surface area contributed by atoms with Gasteiger partial charge in [0.25, 0.3) is 15.7 Å². The number of benzene rings is 3. The van der Waals surface area contributed by atoms with Gasteiger partial charge in [0.1, 0.15) is 24.1 Å². The maximum absolute atomic E-state index is 14.3. The van der Waals surface area contributed by atoms with E-state index in [0.717, 1.165) is 10.4 Å². The molecule has 1 N–H and O–H groups in total. The van der Waals surface area contributed by atoms with E-state index in [1.807, 2.05) is 0 Å². The Balaban J connectivity index is 2.18. The van der Waals surface area contributed by atoms with Gasteiger partial charge in [0.05, 0.1) is 29.7 Å². The smallest absolute Gasteiger partial charge is 0.273 e. The van der Waals surface area contributed by atoms with E-state index in [4.69, 9.17) is 21.1 Å². The third-order valence-corrected chi connectivity index (χ3v) is 8.97. The lowest BCUT2D eigenvalue weighted by Crippen LogP contribution is -2.53. The van der Waals surface area contributed by atoms with Crippen LogP contribution in [0.15, 0.2) is 65.6 Å². The summed E-state index contributed by atoms with van der Waals surface area (Å²) in [6.07, 6.45) is 0.234. The van der Waals surface area contributed by atoms with Gasteiger partial charge in [0.2, 0.25) is 11.8 Å². The van der Waals surface area contributed by atoms with Crippen molar-refractivity contribution in [3.8, 4) is 11.5 Å². The van der Waals surface area contributed by atoms with E-state index in [1.165, 1.54) is 56.4 Å². The topological polar surface area (TPSA) is 148 Å². The lowest BCUT2D eigenvalue weighted by atomic mass is 10.1. The summed E-state index contributed by atoms with van der Waals surface area (Å²) >= 11 is 6.27. The van der Waals surface area contributed by atoms with Gasteiger partial charge in [-0.25, -0.2) is 8.42 Å². The molecule has 0 bridgehead atoms. The monoisotopic (exact) mass is 660 g/mol. The van der Waals surface area contributed by atoms with Gasteiger partial charge in [-0.15, -0.1) is 0 Å². The van der Waals surface area contributed by atoms with E-state index in [2.05, 4.69) is 5.32 Å². The maximum atomic E-state index is 14.3. The van der Waals surface area contributed by atoms with Crippen LogP contribution >= 0.6 is 11.6 Å². The Morgan fingerprint density at radius 1 is 1.02 bits per heavy atom. The van der Waals surface area contributed by atoms with Crippen molar-refractivity contribution in [2.24, 2.45) is 0 Å². The summed E-state index contributed by atoms with van der Waals surface area (Å²) in [7, 11) is -1.78. The van der Waals surface area contributed by atoms with Gasteiger partial charge in [-0.1, -0.05) is 36.7 Å². The summed E-state index contributed by atoms with van der Waals surface area (Å²) in [5.41, 5.74) is 0.460. The number of hydrogen-bond acceptors (Lipinski definition) is 8. The summed E-state index contributed by atoms with van der Waals surface area (Å²) in [6, 6.07) is 13.5. The van der Waals surface area contributed by atoms with Crippen molar-refractivity contribution in [3.63, 3.8) is 0 Å². The van der Waals surface area contributed by atoms with Crippen LogP contribution in [0.25, 0.3) is 0 Å². The molecule has 12 nitrogen and oxygen atoms in total. The molecule has 0 aliphatic heterocycles. The van der Waals surface area contributed by atoms with Gasteiger partial charge in [0.15, 0.2) is 0 Å². The number of methoxy groups -OCH3 is 2. The summed E-state index contributed by atoms with van der Waals surface area (Å²) in [5, 5.41) is 14.7. The standard InChI is InChI=1S/C31H37ClN4O8S/c1-7-26(31(38)33-20(2)3)34(18-22-9-12-24(43-5)13-10-22)30(37)19-35(28-16-23(32)11-15-29(28)44-6)45(41,42)25-14-8-21(4)27(17-25)36(39)40/h8-17,20,26H,7,18-19H2,1-6H3,(H,33,38)/t26-/m0/s1. The molecule has 3 aromatic rings. The Labute approximate surface area is 268 Å². The number of sulfonamides is 1. The van der Waals surface area contributed by atoms with Gasteiger partial charge in [-0.2, -0.15) is 0 Å². The van der Waals surface area contributed by atoms with E-state index >= 15 is 0 Å². The fraction of sp³-hybridized carbons (Fsp3) is 0.355. The molecule has 14 heteroatoms. The molecular weight excluding hydrogens is 624 g/mol. The number of nitrogens with zero attached hydrogens (tertiary/aromatic N) is 3. The van der Waals surface area contributed by atoms with Crippen molar-refractivity contribution in [2.75, 3.05) is 25.1 Å². The molecular formula is C31H37ClN4O8S. The van der Waals surface area contributed by atoms with Crippen molar-refractivity contribution < 1.29 is 32.4 Å². The number of carbonyl (C=O) groups is 2. The first kappa shape index (κ1) is 35.1. The molecule has 0 aromatic heterocycles. The Kier molecular flexibility index (Phi) is 11.8. The summed E-state index contributed by atoms with van der Waals surface area (Å²) < 4.78 is 39.9. The number of aryl methyl sites for hydroxylation is 1. The van der Waals surface area contributed by atoms with E-state index in [1.54, 1.807) is 45.0 Å². The number of halogens is 1. The first-order valence-electron chi connectivity index (χ1n) is 14.1. The molecule has 0 fully saturated rings. The normalized spacial score (nSPS) is 11.9. The SMILES string of the molecule is CC[C@@H](C(=O)NC(C)C)N(Cc1ccc(OC)cc1)C(=O)CN(c1cc(Cl)ccc1OC)S(=O)(=O)c1ccc(C)c([N+](=O)[O-])c1. The van der Waals surface area contributed by atoms with E-state index < -0.39 is 49.9 Å². The second-order valence-electron chi connectivity index (χ2n) is 10.5. The second kappa shape index (κ2) is 15.1. The van der Waals surface area contributed by atoms with Gasteiger partial charge in [-0.05, 0) is 69.2 Å². The minimum absolute atomic E-state index is 0.0244. The minimum atomic E-state index is -4.63. The number of nitro groups is 1. The molecule has 3 rings (SSSR count). The van der Waals surface area contributed by atoms with Crippen LogP contribution < -0.4 is 19.1 Å². The second-order valence-corrected chi connectivity index (χ2v) is 12.8. The third-order valence-electron chi connectivity index (χ3n) is 6.98. The van der Waals surface area contributed by atoms with Gasteiger partial charge >= 0.3 is 0 Å². The number of rotatable bonds is 14. The van der Waals surface area contributed by atoms with Crippen LogP contribution in [0.4, 0.5) is 11.4 Å². The summed E-state index contributed by atoms with van der Waals surface area (Å²) in [4.78, 5) is 39.5. The molecule has 242 valence electrons. The lowest BCUT2D eigenvalue weighted by molar-refractivity contribution is -0.385. The number of nitro benzene ring substituents is 1. The molecule has 0 radical (unpaired) electrons. The van der Waals surface area contributed by atoms with Crippen LogP contribution in [-0.4, -0.2) is 62.9 Å². The van der Waals surface area contributed by atoms with Crippen LogP contribution in [0.1, 0.15) is 38.3 Å². The Bertz CT molecular complexity index is 1650. The van der Waals surface area contributed by atoms with Crippen LogP contribution in [0.5, 0.6) is 11.5 Å². The number of hydrogen-bond donors (Lipinski definition) is 1. The average molecular weight is 661 g/mol. The quantitative estimate of drug-likeness (QED) is 0.185. The van der Waals surface area contributed by atoms with E-state index in [-0.39, 0.29) is 41.0 Å². The average Bonchev–Trinajstić information content (AvgIpc) is 2.99. The molecule has 3 aromatic carbocycles. The number of amides is 2. The van der Waals surface area contributed by atoms with Crippen LogP contribution in [0.2, 0.25) is 5.02 Å². The zero-order valence-corrected chi connectivity index (χ0v) is 27.5. The van der Waals surface area contributed by atoms with E-state index in [0.29, 0.717) is 11.3 Å². The van der Waals surface area contributed by atoms with Crippen molar-refractivity contribution in [3.05, 3.63) is 86.9 Å². The molecule has 0 aliphatic carbocycles. The van der Waals surface area contributed by atoms with Crippen molar-refractivity contribution in [2.45, 2.75) is 57.6 Å². The zero-order chi connectivity index (χ0) is 33.5. The minimum Gasteiger partial charge on any atom is -0.497 e. The van der Waals surface area contributed by atoms with Crippen molar-refractivity contribution in [1.29, 1.82) is 0 Å². The molecule has 0 unspecified atom stereocenters. The number of nitrogens with one attached hydrogen (secondary N) is 1. The van der Waals surface area contributed by atoms with Gasteiger partial charge < -0.3 is 19.7 Å². The molecule has 0 saturated heterocycles. The third kappa shape index (κ3) is 8.43. The highest BCUT2D eigenvalue weighted by Crippen LogP contribution is 2.36. The van der Waals surface area contributed by atoms with Gasteiger partial charge in [0, 0.05) is 29.2 Å². The Morgan fingerprint density at radius 2 is 1.69 bits per heavy atom.